The minimum atomic E-state index is 0.180. The summed E-state index contributed by atoms with van der Waals surface area (Å²) in [5.41, 5.74) is 1.17. The zero-order chi connectivity index (χ0) is 15.6. The van der Waals surface area contributed by atoms with Gasteiger partial charge in [-0.3, -0.25) is 4.79 Å². The summed E-state index contributed by atoms with van der Waals surface area (Å²) in [4.78, 5) is 14.8. The molecule has 1 aromatic rings. The van der Waals surface area contributed by atoms with E-state index < -0.39 is 0 Å². The van der Waals surface area contributed by atoms with E-state index in [2.05, 4.69) is 22.3 Å². The molecule has 0 radical (unpaired) electrons. The summed E-state index contributed by atoms with van der Waals surface area (Å²) in [5.74, 6) is 1.90. The van der Waals surface area contributed by atoms with E-state index in [1.165, 1.54) is 12.0 Å². The first-order valence-electron chi connectivity index (χ1n) is 8.73. The number of hydrogen-bond acceptors (Lipinski definition) is 4. The Morgan fingerprint density at radius 2 is 2.04 bits per heavy atom. The van der Waals surface area contributed by atoms with E-state index in [4.69, 9.17) is 9.47 Å². The normalized spacial score (nSPS) is 26.5. The van der Waals surface area contributed by atoms with Gasteiger partial charge in [-0.25, -0.2) is 0 Å². The van der Waals surface area contributed by atoms with Crippen LogP contribution in [-0.2, 0) is 4.79 Å². The molecule has 2 fully saturated rings. The number of benzene rings is 1. The van der Waals surface area contributed by atoms with Crippen molar-refractivity contribution in [2.45, 2.75) is 44.2 Å². The van der Waals surface area contributed by atoms with Crippen LogP contribution in [0.2, 0.25) is 0 Å². The van der Waals surface area contributed by atoms with Gasteiger partial charge < -0.3 is 19.7 Å². The molecule has 1 N–H and O–H groups in total. The Labute approximate surface area is 136 Å². The van der Waals surface area contributed by atoms with Crippen LogP contribution in [0.4, 0.5) is 0 Å². The molecule has 0 aliphatic carbocycles. The van der Waals surface area contributed by atoms with Gasteiger partial charge in [-0.1, -0.05) is 6.07 Å². The van der Waals surface area contributed by atoms with Gasteiger partial charge in [0.2, 0.25) is 5.91 Å². The van der Waals surface area contributed by atoms with Crippen molar-refractivity contribution < 1.29 is 14.3 Å². The molecule has 5 heteroatoms. The van der Waals surface area contributed by atoms with Crippen molar-refractivity contribution in [1.29, 1.82) is 0 Å². The van der Waals surface area contributed by atoms with Gasteiger partial charge in [0.25, 0.3) is 0 Å². The van der Waals surface area contributed by atoms with Crippen molar-refractivity contribution in [3.05, 3.63) is 23.8 Å². The lowest BCUT2D eigenvalue weighted by atomic mass is 10.0. The second kappa shape index (κ2) is 6.40. The first-order chi connectivity index (χ1) is 11.3. The number of amides is 1. The van der Waals surface area contributed by atoms with E-state index in [0.29, 0.717) is 25.7 Å². The van der Waals surface area contributed by atoms with Crippen molar-refractivity contribution in [3.63, 3.8) is 0 Å². The van der Waals surface area contributed by atoms with Crippen molar-refractivity contribution in [2.24, 2.45) is 0 Å². The van der Waals surface area contributed by atoms with Crippen LogP contribution in [0.5, 0.6) is 11.5 Å². The lowest BCUT2D eigenvalue weighted by molar-refractivity contribution is -0.132. The molecule has 0 spiro atoms. The fourth-order valence-electron chi connectivity index (χ4n) is 3.94. The van der Waals surface area contributed by atoms with Crippen LogP contribution in [0.1, 0.15) is 43.7 Å². The Balaban J connectivity index is 1.49. The van der Waals surface area contributed by atoms with Crippen molar-refractivity contribution >= 4 is 5.91 Å². The topological polar surface area (TPSA) is 50.8 Å². The summed E-state index contributed by atoms with van der Waals surface area (Å²) < 4.78 is 11.3. The molecule has 0 bridgehead atoms. The molecule has 3 aliphatic rings. The van der Waals surface area contributed by atoms with E-state index >= 15 is 0 Å². The molecule has 4 rings (SSSR count). The fraction of sp³-hybridized carbons (Fsp3) is 0.611. The van der Waals surface area contributed by atoms with E-state index in [1.54, 1.807) is 0 Å². The number of carbonyl (C=O) groups excluding carboxylic acids is 1. The molecule has 1 aromatic carbocycles. The van der Waals surface area contributed by atoms with Gasteiger partial charge in [-0.2, -0.15) is 0 Å². The average molecular weight is 316 g/mol. The monoisotopic (exact) mass is 316 g/mol. The minimum Gasteiger partial charge on any atom is -0.486 e. The lowest BCUT2D eigenvalue weighted by Gasteiger charge is -2.27. The quantitative estimate of drug-likeness (QED) is 0.929. The summed E-state index contributed by atoms with van der Waals surface area (Å²) >= 11 is 0. The smallest absolute Gasteiger partial charge is 0.224 e. The van der Waals surface area contributed by atoms with Gasteiger partial charge in [0.05, 0.1) is 6.04 Å². The van der Waals surface area contributed by atoms with E-state index in [-0.39, 0.29) is 11.9 Å². The van der Waals surface area contributed by atoms with Crippen LogP contribution >= 0.6 is 0 Å². The summed E-state index contributed by atoms with van der Waals surface area (Å²) in [7, 11) is 0. The number of ether oxygens (including phenoxy) is 2. The second-order valence-electron chi connectivity index (χ2n) is 6.65. The van der Waals surface area contributed by atoms with Gasteiger partial charge in [-0.15, -0.1) is 0 Å². The molecular formula is C18H24N2O3. The predicted molar refractivity (Wildman–Crippen MR) is 86.8 cm³/mol. The largest absolute Gasteiger partial charge is 0.486 e. The van der Waals surface area contributed by atoms with Crippen molar-refractivity contribution in [3.8, 4) is 11.5 Å². The molecule has 1 amide bonds. The SMILES string of the molecule is O=C(CC1CCCN1)N1CCCC1c1ccc2c(c1)OCCO2. The highest BCUT2D eigenvalue weighted by molar-refractivity contribution is 5.77. The zero-order valence-corrected chi connectivity index (χ0v) is 13.4. The second-order valence-corrected chi connectivity index (χ2v) is 6.65. The molecule has 5 nitrogen and oxygen atoms in total. The molecule has 2 saturated heterocycles. The molecule has 3 aliphatic heterocycles. The molecule has 23 heavy (non-hydrogen) atoms. The highest BCUT2D eigenvalue weighted by Crippen LogP contribution is 2.38. The summed E-state index contributed by atoms with van der Waals surface area (Å²) in [5, 5.41) is 3.42. The first kappa shape index (κ1) is 14.8. The molecule has 0 saturated carbocycles. The third-order valence-electron chi connectivity index (χ3n) is 5.11. The first-order valence-corrected chi connectivity index (χ1v) is 8.73. The maximum Gasteiger partial charge on any atom is 0.224 e. The predicted octanol–water partition coefficient (Wildman–Crippen LogP) is 2.26. The Kier molecular flexibility index (Phi) is 4.12. The van der Waals surface area contributed by atoms with Crippen molar-refractivity contribution in [1.82, 2.24) is 10.2 Å². The van der Waals surface area contributed by atoms with Gasteiger partial charge >= 0.3 is 0 Å². The number of nitrogens with zero attached hydrogens (tertiary/aromatic N) is 1. The van der Waals surface area contributed by atoms with Crippen LogP contribution in [0.25, 0.3) is 0 Å². The van der Waals surface area contributed by atoms with Crippen LogP contribution in [-0.4, -0.2) is 43.2 Å². The Hall–Kier alpha value is -1.75. The fourth-order valence-corrected chi connectivity index (χ4v) is 3.94. The lowest BCUT2D eigenvalue weighted by Crippen LogP contribution is -2.35. The highest BCUT2D eigenvalue weighted by atomic mass is 16.6. The number of nitrogens with one attached hydrogen (secondary N) is 1. The minimum absolute atomic E-state index is 0.180. The molecule has 0 aromatic heterocycles. The summed E-state index contributed by atoms with van der Waals surface area (Å²) in [6.45, 7) is 3.11. The van der Waals surface area contributed by atoms with Gasteiger partial charge in [0, 0.05) is 19.0 Å². The van der Waals surface area contributed by atoms with E-state index in [9.17, 15) is 4.79 Å². The van der Waals surface area contributed by atoms with Crippen molar-refractivity contribution in [2.75, 3.05) is 26.3 Å². The van der Waals surface area contributed by atoms with Gasteiger partial charge in [-0.05, 0) is 49.9 Å². The Bertz CT molecular complexity index is 584. The summed E-state index contributed by atoms with van der Waals surface area (Å²) in [6, 6.07) is 6.66. The van der Waals surface area contributed by atoms with Crippen LogP contribution in [0, 0.1) is 0 Å². The van der Waals surface area contributed by atoms with E-state index in [1.807, 2.05) is 6.07 Å². The standard InChI is InChI=1S/C18H24N2O3/c21-18(12-14-3-1-7-19-14)20-8-2-4-15(20)13-5-6-16-17(11-13)23-10-9-22-16/h5-6,11,14-15,19H,1-4,7-10,12H2. The molecular weight excluding hydrogens is 292 g/mol. The third-order valence-corrected chi connectivity index (χ3v) is 5.11. The molecule has 2 atom stereocenters. The maximum absolute atomic E-state index is 12.7. The van der Waals surface area contributed by atoms with Crippen LogP contribution < -0.4 is 14.8 Å². The average Bonchev–Trinajstić information content (AvgIpc) is 3.25. The van der Waals surface area contributed by atoms with E-state index in [0.717, 1.165) is 43.9 Å². The van der Waals surface area contributed by atoms with Gasteiger partial charge in [0.15, 0.2) is 11.5 Å². The van der Waals surface area contributed by atoms with Gasteiger partial charge in [0.1, 0.15) is 13.2 Å². The number of hydrogen-bond donors (Lipinski definition) is 1. The third kappa shape index (κ3) is 3.02. The number of fused-ring (bicyclic) bond motifs is 1. The number of carbonyl (C=O) groups is 1. The Morgan fingerprint density at radius 1 is 1.17 bits per heavy atom. The Morgan fingerprint density at radius 3 is 2.87 bits per heavy atom. The van der Waals surface area contributed by atoms with Crippen LogP contribution in [0.3, 0.4) is 0 Å². The maximum atomic E-state index is 12.7. The highest BCUT2D eigenvalue weighted by Gasteiger charge is 2.32. The zero-order valence-electron chi connectivity index (χ0n) is 13.4. The number of rotatable bonds is 3. The van der Waals surface area contributed by atoms with Crippen LogP contribution in [0.15, 0.2) is 18.2 Å². The molecule has 3 heterocycles. The molecule has 2 unspecified atom stereocenters. The number of likely N-dealkylation sites (tertiary alicyclic amines) is 1. The summed E-state index contributed by atoms with van der Waals surface area (Å²) in [6.07, 6.45) is 5.03. The molecule has 124 valence electrons.